The van der Waals surface area contributed by atoms with Gasteiger partial charge in [-0.15, -0.1) is 0 Å². The van der Waals surface area contributed by atoms with Gasteiger partial charge in [0, 0.05) is 20.2 Å². The number of allylic oxidation sites excluding steroid dienone is 3. The van der Waals surface area contributed by atoms with E-state index in [1.54, 1.807) is 20.3 Å². The van der Waals surface area contributed by atoms with Crippen molar-refractivity contribution in [2.45, 2.75) is 6.42 Å². The molecule has 82 valence electrons. The van der Waals surface area contributed by atoms with Gasteiger partial charge in [-0.2, -0.15) is 4.79 Å². The van der Waals surface area contributed by atoms with E-state index in [9.17, 15) is 0 Å². The zero-order chi connectivity index (χ0) is 11.4. The lowest BCUT2D eigenvalue weighted by Crippen LogP contribution is -2.21. The molecule has 0 radical (unpaired) electrons. The van der Waals surface area contributed by atoms with Crippen molar-refractivity contribution >= 4 is 5.71 Å². The summed E-state index contributed by atoms with van der Waals surface area (Å²) < 4.78 is 10.4. The average molecular weight is 209 g/mol. The van der Waals surface area contributed by atoms with Crippen LogP contribution in [0.5, 0.6) is 0 Å². The Morgan fingerprint density at radius 2 is 2.00 bits per heavy atom. The van der Waals surface area contributed by atoms with E-state index in [1.807, 2.05) is 19.0 Å². The van der Waals surface area contributed by atoms with Crippen LogP contribution in [0.15, 0.2) is 23.3 Å². The first kappa shape index (κ1) is 11.3. The molecule has 0 bridgehead atoms. The van der Waals surface area contributed by atoms with Crippen LogP contribution >= 0.6 is 0 Å². The highest BCUT2D eigenvalue weighted by Crippen LogP contribution is 2.23. The van der Waals surface area contributed by atoms with Gasteiger partial charge in [0.2, 0.25) is 5.76 Å². The maximum absolute atomic E-state index is 8.81. The van der Waals surface area contributed by atoms with E-state index in [2.05, 4.69) is 4.79 Å². The SMILES string of the molecule is COC1=CC(N(C)C)=C(OC)CC1=[N+]=[N-]. The Labute approximate surface area is 89.2 Å². The van der Waals surface area contributed by atoms with Gasteiger partial charge in [0.15, 0.2) is 0 Å². The number of ether oxygens (including phenoxy) is 2. The summed E-state index contributed by atoms with van der Waals surface area (Å²) in [5.74, 6) is 1.32. The van der Waals surface area contributed by atoms with Crippen LogP contribution < -0.4 is 0 Å². The molecular weight excluding hydrogens is 194 g/mol. The lowest BCUT2D eigenvalue weighted by atomic mass is 10.1. The summed E-state index contributed by atoms with van der Waals surface area (Å²) >= 11 is 0. The van der Waals surface area contributed by atoms with Crippen LogP contribution in [0.2, 0.25) is 0 Å². The van der Waals surface area contributed by atoms with Gasteiger partial charge in [-0.05, 0) is 0 Å². The van der Waals surface area contributed by atoms with Crippen LogP contribution in [0.1, 0.15) is 6.42 Å². The molecule has 0 aliphatic heterocycles. The molecule has 0 spiro atoms. The third-order valence-corrected chi connectivity index (χ3v) is 2.23. The van der Waals surface area contributed by atoms with Gasteiger partial charge in [-0.3, -0.25) is 0 Å². The smallest absolute Gasteiger partial charge is 0.340 e. The quantitative estimate of drug-likeness (QED) is 0.515. The van der Waals surface area contributed by atoms with Gasteiger partial charge in [-0.25, -0.2) is 0 Å². The minimum Gasteiger partial charge on any atom is -0.498 e. The molecule has 0 heterocycles. The van der Waals surface area contributed by atoms with Crippen molar-refractivity contribution in [3.8, 4) is 0 Å². The Balaban J connectivity index is 3.18. The largest absolute Gasteiger partial charge is 0.498 e. The molecule has 0 N–H and O–H groups in total. The third-order valence-electron chi connectivity index (χ3n) is 2.23. The fraction of sp³-hybridized carbons (Fsp3) is 0.500. The standard InChI is InChI=1S/C10H15N3O2/c1-13(2)8-6-9(14-3)7(12-11)5-10(8)15-4/h6H,5H2,1-4H3. The predicted molar refractivity (Wildman–Crippen MR) is 56.1 cm³/mol. The molecule has 0 atom stereocenters. The summed E-state index contributed by atoms with van der Waals surface area (Å²) in [7, 11) is 6.97. The Kier molecular flexibility index (Phi) is 3.52. The van der Waals surface area contributed by atoms with E-state index in [4.69, 9.17) is 15.0 Å². The van der Waals surface area contributed by atoms with Crippen molar-refractivity contribution in [2.24, 2.45) is 0 Å². The fourth-order valence-electron chi connectivity index (χ4n) is 1.43. The molecule has 0 amide bonds. The number of nitrogens with zero attached hydrogens (tertiary/aromatic N) is 3. The Morgan fingerprint density at radius 1 is 1.33 bits per heavy atom. The van der Waals surface area contributed by atoms with E-state index >= 15 is 0 Å². The Bertz CT molecular complexity index is 363. The second-order valence-corrected chi connectivity index (χ2v) is 3.34. The van der Waals surface area contributed by atoms with Gasteiger partial charge in [0.1, 0.15) is 12.2 Å². The van der Waals surface area contributed by atoms with Crippen molar-refractivity contribution in [1.29, 1.82) is 0 Å². The summed E-state index contributed by atoms with van der Waals surface area (Å²) in [6, 6.07) is 0. The molecule has 0 fully saturated rings. The highest BCUT2D eigenvalue weighted by atomic mass is 16.5. The highest BCUT2D eigenvalue weighted by Gasteiger charge is 2.27. The van der Waals surface area contributed by atoms with Gasteiger partial charge < -0.3 is 19.9 Å². The molecule has 0 aromatic rings. The normalized spacial score (nSPS) is 15.7. The lowest BCUT2D eigenvalue weighted by Gasteiger charge is -2.21. The third kappa shape index (κ3) is 2.19. The van der Waals surface area contributed by atoms with Crippen LogP contribution in [0.4, 0.5) is 0 Å². The zero-order valence-corrected chi connectivity index (χ0v) is 9.44. The van der Waals surface area contributed by atoms with E-state index in [0.717, 1.165) is 11.5 Å². The molecule has 1 aliphatic carbocycles. The van der Waals surface area contributed by atoms with Crippen LogP contribution in [0, 0.1) is 0 Å². The lowest BCUT2D eigenvalue weighted by molar-refractivity contribution is -0.0124. The van der Waals surface area contributed by atoms with Gasteiger partial charge in [0.25, 0.3) is 0 Å². The first-order chi connectivity index (χ1) is 7.13. The number of methoxy groups -OCH3 is 2. The minimum atomic E-state index is 0.431. The summed E-state index contributed by atoms with van der Waals surface area (Å²) in [5, 5.41) is 0. The van der Waals surface area contributed by atoms with Crippen molar-refractivity contribution in [2.75, 3.05) is 28.3 Å². The molecule has 1 rings (SSSR count). The molecule has 5 nitrogen and oxygen atoms in total. The minimum absolute atomic E-state index is 0.431. The molecule has 0 saturated heterocycles. The van der Waals surface area contributed by atoms with Crippen LogP contribution in [0.3, 0.4) is 0 Å². The molecule has 15 heavy (non-hydrogen) atoms. The van der Waals surface area contributed by atoms with Crippen LogP contribution in [0.25, 0.3) is 5.53 Å². The molecule has 0 aromatic carbocycles. The summed E-state index contributed by atoms with van der Waals surface area (Å²) in [6.45, 7) is 0. The Morgan fingerprint density at radius 3 is 2.40 bits per heavy atom. The summed E-state index contributed by atoms with van der Waals surface area (Å²) in [4.78, 5) is 5.11. The van der Waals surface area contributed by atoms with Crippen molar-refractivity contribution in [3.05, 3.63) is 28.8 Å². The molecule has 0 saturated carbocycles. The van der Waals surface area contributed by atoms with Crippen LogP contribution in [-0.2, 0) is 9.47 Å². The maximum atomic E-state index is 8.81. The first-order valence-electron chi connectivity index (χ1n) is 4.55. The fourth-order valence-corrected chi connectivity index (χ4v) is 1.43. The van der Waals surface area contributed by atoms with E-state index in [-0.39, 0.29) is 0 Å². The highest BCUT2D eigenvalue weighted by molar-refractivity contribution is 5.97. The predicted octanol–water partition coefficient (Wildman–Crippen LogP) is 1.01. The van der Waals surface area contributed by atoms with Gasteiger partial charge in [0.05, 0.1) is 19.9 Å². The van der Waals surface area contributed by atoms with Crippen molar-refractivity contribution in [1.82, 2.24) is 4.90 Å². The van der Waals surface area contributed by atoms with E-state index < -0.39 is 0 Å². The molecule has 0 unspecified atom stereocenters. The maximum Gasteiger partial charge on any atom is 0.340 e. The van der Waals surface area contributed by atoms with Crippen LogP contribution in [-0.4, -0.2) is 43.7 Å². The number of rotatable bonds is 3. The molecular formula is C10H15N3O2. The summed E-state index contributed by atoms with van der Waals surface area (Å²) in [6.07, 6.45) is 2.22. The zero-order valence-electron chi connectivity index (χ0n) is 9.44. The van der Waals surface area contributed by atoms with E-state index in [0.29, 0.717) is 17.9 Å². The average Bonchev–Trinajstić information content (AvgIpc) is 2.26. The van der Waals surface area contributed by atoms with Gasteiger partial charge in [-0.1, -0.05) is 0 Å². The second-order valence-electron chi connectivity index (χ2n) is 3.34. The number of likely N-dealkylation sites (N-methyl/N-ethyl adjacent to an activating group) is 1. The molecule has 1 aliphatic rings. The second kappa shape index (κ2) is 4.66. The monoisotopic (exact) mass is 209 g/mol. The topological polar surface area (TPSA) is 58.1 Å². The number of hydrogen-bond donors (Lipinski definition) is 0. The van der Waals surface area contributed by atoms with Crippen molar-refractivity contribution in [3.63, 3.8) is 0 Å². The summed E-state index contributed by atoms with van der Waals surface area (Å²) in [5.41, 5.74) is 10.2. The molecule has 5 heteroatoms. The Hall–Kier alpha value is -1.74. The van der Waals surface area contributed by atoms with Gasteiger partial charge >= 0.3 is 5.71 Å². The van der Waals surface area contributed by atoms with Crippen molar-refractivity contribution < 1.29 is 14.3 Å². The molecule has 0 aromatic heterocycles. The first-order valence-corrected chi connectivity index (χ1v) is 4.55. The van der Waals surface area contributed by atoms with E-state index in [1.165, 1.54) is 0 Å². The number of hydrogen-bond acceptors (Lipinski definition) is 3.